The number of ether oxygens (including phenoxy) is 1. The highest BCUT2D eigenvalue weighted by Crippen LogP contribution is 2.33. The molecule has 2 aromatic carbocycles. The van der Waals surface area contributed by atoms with Crippen LogP contribution in [0.2, 0.25) is 0 Å². The summed E-state index contributed by atoms with van der Waals surface area (Å²) in [5.74, 6) is -0.194. The van der Waals surface area contributed by atoms with E-state index >= 15 is 0 Å². The van der Waals surface area contributed by atoms with Crippen LogP contribution in [0.1, 0.15) is 18.1 Å². The van der Waals surface area contributed by atoms with Crippen LogP contribution in [0, 0.1) is 0 Å². The van der Waals surface area contributed by atoms with E-state index in [-0.39, 0.29) is 5.97 Å². The summed E-state index contributed by atoms with van der Waals surface area (Å²) in [7, 11) is 0. The number of carbonyl (C=O) groups excluding carboxylic acids is 1. The number of nitrogens with one attached hydrogen (secondary N) is 1. The van der Waals surface area contributed by atoms with E-state index in [0.29, 0.717) is 6.61 Å². The molecule has 0 atom stereocenters. The number of esters is 1. The standard InChI is InChI=1S/C21H26N2O2/c1-21(18-8-4-2-5-9-18,19-10-6-3-7-11-19)20(24)25-17-16-23-14-12-22-13-15-23/h2-11,22H,12-17H2,1H3. The number of piperazine rings is 1. The van der Waals surface area contributed by atoms with E-state index in [1.165, 1.54) is 0 Å². The third kappa shape index (κ3) is 4.09. The van der Waals surface area contributed by atoms with Crippen molar-refractivity contribution < 1.29 is 9.53 Å². The Morgan fingerprint density at radius 3 is 2.04 bits per heavy atom. The van der Waals surface area contributed by atoms with Crippen molar-refractivity contribution in [2.45, 2.75) is 12.3 Å². The minimum Gasteiger partial charge on any atom is -0.463 e. The molecule has 1 fully saturated rings. The molecule has 4 heteroatoms. The Balaban J connectivity index is 1.74. The van der Waals surface area contributed by atoms with Crippen LogP contribution in [0.3, 0.4) is 0 Å². The summed E-state index contributed by atoms with van der Waals surface area (Å²) in [6, 6.07) is 19.7. The predicted octanol–water partition coefficient (Wildman–Crippen LogP) is 2.44. The second-order valence-electron chi connectivity index (χ2n) is 6.58. The highest BCUT2D eigenvalue weighted by atomic mass is 16.5. The molecule has 1 aliphatic rings. The fourth-order valence-corrected chi connectivity index (χ4v) is 3.29. The lowest BCUT2D eigenvalue weighted by atomic mass is 9.76. The molecule has 1 aliphatic heterocycles. The Morgan fingerprint density at radius 1 is 1.00 bits per heavy atom. The zero-order valence-corrected chi connectivity index (χ0v) is 14.8. The second kappa shape index (κ2) is 8.28. The van der Waals surface area contributed by atoms with E-state index in [1.54, 1.807) is 0 Å². The van der Waals surface area contributed by atoms with Crippen molar-refractivity contribution in [3.8, 4) is 0 Å². The Bertz CT molecular complexity index is 627. The molecule has 0 saturated carbocycles. The first kappa shape index (κ1) is 17.6. The van der Waals surface area contributed by atoms with Gasteiger partial charge in [-0.15, -0.1) is 0 Å². The molecule has 0 unspecified atom stereocenters. The van der Waals surface area contributed by atoms with Gasteiger partial charge in [0.1, 0.15) is 12.0 Å². The summed E-state index contributed by atoms with van der Waals surface area (Å²) in [6.45, 7) is 7.17. The van der Waals surface area contributed by atoms with Crippen molar-refractivity contribution in [2.75, 3.05) is 39.3 Å². The number of hydrogen-bond acceptors (Lipinski definition) is 4. The Hall–Kier alpha value is -2.17. The molecule has 0 spiro atoms. The second-order valence-corrected chi connectivity index (χ2v) is 6.58. The van der Waals surface area contributed by atoms with Gasteiger partial charge in [0.15, 0.2) is 0 Å². The maximum absolute atomic E-state index is 13.1. The van der Waals surface area contributed by atoms with E-state index in [2.05, 4.69) is 10.2 Å². The summed E-state index contributed by atoms with van der Waals surface area (Å²) in [5, 5.41) is 3.33. The average Bonchev–Trinajstić information content (AvgIpc) is 2.69. The number of carbonyl (C=O) groups is 1. The van der Waals surface area contributed by atoms with Gasteiger partial charge in [0, 0.05) is 32.7 Å². The minimum atomic E-state index is -0.800. The van der Waals surface area contributed by atoms with Gasteiger partial charge in [0.2, 0.25) is 0 Å². The van der Waals surface area contributed by atoms with Gasteiger partial charge < -0.3 is 10.1 Å². The van der Waals surface area contributed by atoms with Crippen LogP contribution in [-0.4, -0.2) is 50.2 Å². The molecule has 2 aromatic rings. The Morgan fingerprint density at radius 2 is 1.52 bits per heavy atom. The lowest BCUT2D eigenvalue weighted by Crippen LogP contribution is -2.45. The quantitative estimate of drug-likeness (QED) is 0.822. The molecule has 1 heterocycles. The van der Waals surface area contributed by atoms with Crippen molar-refractivity contribution in [2.24, 2.45) is 0 Å². The molecule has 0 bridgehead atoms. The molecule has 3 rings (SSSR count). The zero-order chi connectivity index (χ0) is 17.5. The molecule has 4 nitrogen and oxygen atoms in total. The van der Waals surface area contributed by atoms with Crippen molar-refractivity contribution in [3.05, 3.63) is 71.8 Å². The third-order valence-corrected chi connectivity index (χ3v) is 4.96. The number of rotatable bonds is 6. The first-order valence-electron chi connectivity index (χ1n) is 8.92. The molecular weight excluding hydrogens is 312 g/mol. The van der Waals surface area contributed by atoms with Crippen LogP contribution < -0.4 is 5.32 Å². The van der Waals surface area contributed by atoms with Gasteiger partial charge in [-0.3, -0.25) is 9.69 Å². The van der Waals surface area contributed by atoms with Crippen molar-refractivity contribution in [1.29, 1.82) is 0 Å². The fraction of sp³-hybridized carbons (Fsp3) is 0.381. The van der Waals surface area contributed by atoms with Crippen molar-refractivity contribution >= 4 is 5.97 Å². The topological polar surface area (TPSA) is 41.6 Å². The van der Waals surface area contributed by atoms with Gasteiger partial charge in [-0.1, -0.05) is 60.7 Å². The summed E-state index contributed by atoms with van der Waals surface area (Å²) >= 11 is 0. The van der Waals surface area contributed by atoms with Gasteiger partial charge >= 0.3 is 5.97 Å². The Labute approximate surface area is 149 Å². The van der Waals surface area contributed by atoms with E-state index in [9.17, 15) is 4.79 Å². The maximum Gasteiger partial charge on any atom is 0.320 e. The lowest BCUT2D eigenvalue weighted by molar-refractivity contribution is -0.148. The molecule has 0 aliphatic carbocycles. The molecule has 0 amide bonds. The van der Waals surface area contributed by atoms with Gasteiger partial charge in [0.25, 0.3) is 0 Å². The molecule has 25 heavy (non-hydrogen) atoms. The SMILES string of the molecule is CC(C(=O)OCCN1CCNCC1)(c1ccccc1)c1ccccc1. The first-order chi connectivity index (χ1) is 12.2. The third-order valence-electron chi connectivity index (χ3n) is 4.96. The first-order valence-corrected chi connectivity index (χ1v) is 8.92. The van der Waals surface area contributed by atoms with Crippen molar-refractivity contribution in [1.82, 2.24) is 10.2 Å². The molecule has 0 aromatic heterocycles. The molecule has 0 radical (unpaired) electrons. The summed E-state index contributed by atoms with van der Waals surface area (Å²) in [6.07, 6.45) is 0. The van der Waals surface area contributed by atoms with E-state index in [0.717, 1.165) is 43.9 Å². The highest BCUT2D eigenvalue weighted by molar-refractivity contribution is 5.87. The normalized spacial score (nSPS) is 15.7. The Kier molecular flexibility index (Phi) is 5.84. The molecule has 1 saturated heterocycles. The summed E-state index contributed by atoms with van der Waals surface area (Å²) in [4.78, 5) is 15.4. The van der Waals surface area contributed by atoms with E-state index in [4.69, 9.17) is 4.74 Å². The summed E-state index contributed by atoms with van der Waals surface area (Å²) < 4.78 is 5.72. The van der Waals surface area contributed by atoms with Crippen LogP contribution in [-0.2, 0) is 14.9 Å². The average molecular weight is 338 g/mol. The van der Waals surface area contributed by atoms with Crippen LogP contribution in [0.4, 0.5) is 0 Å². The van der Waals surface area contributed by atoms with E-state index in [1.807, 2.05) is 67.6 Å². The monoisotopic (exact) mass is 338 g/mol. The van der Waals surface area contributed by atoms with Crippen LogP contribution in [0.15, 0.2) is 60.7 Å². The highest BCUT2D eigenvalue weighted by Gasteiger charge is 2.38. The van der Waals surface area contributed by atoms with Crippen LogP contribution in [0.25, 0.3) is 0 Å². The molecule has 132 valence electrons. The van der Waals surface area contributed by atoms with Gasteiger partial charge in [0.05, 0.1) is 0 Å². The van der Waals surface area contributed by atoms with Gasteiger partial charge in [-0.25, -0.2) is 0 Å². The molecule has 1 N–H and O–H groups in total. The number of nitrogens with zero attached hydrogens (tertiary/aromatic N) is 1. The predicted molar refractivity (Wildman–Crippen MR) is 99.6 cm³/mol. The van der Waals surface area contributed by atoms with Gasteiger partial charge in [-0.2, -0.15) is 0 Å². The fourth-order valence-electron chi connectivity index (χ4n) is 3.29. The smallest absolute Gasteiger partial charge is 0.320 e. The maximum atomic E-state index is 13.1. The van der Waals surface area contributed by atoms with Crippen LogP contribution in [0.5, 0.6) is 0 Å². The lowest BCUT2D eigenvalue weighted by Gasteiger charge is -2.30. The van der Waals surface area contributed by atoms with Crippen LogP contribution >= 0.6 is 0 Å². The van der Waals surface area contributed by atoms with Crippen molar-refractivity contribution in [3.63, 3.8) is 0 Å². The largest absolute Gasteiger partial charge is 0.463 e. The minimum absolute atomic E-state index is 0.194. The van der Waals surface area contributed by atoms with E-state index < -0.39 is 5.41 Å². The number of benzene rings is 2. The number of hydrogen-bond donors (Lipinski definition) is 1. The van der Waals surface area contributed by atoms with Gasteiger partial charge in [-0.05, 0) is 18.1 Å². The molecular formula is C21H26N2O2. The zero-order valence-electron chi connectivity index (χ0n) is 14.8. The summed E-state index contributed by atoms with van der Waals surface area (Å²) in [5.41, 5.74) is 1.10.